The Morgan fingerprint density at radius 3 is 0.795 bits per heavy atom. The van der Waals surface area contributed by atoms with Gasteiger partial charge < -0.3 is 24.2 Å². The zero-order valence-corrected chi connectivity index (χ0v) is 47.4. The number of carbonyl (C=O) groups is 2. The van der Waals surface area contributed by atoms with Crippen molar-refractivity contribution in [1.82, 2.24) is 0 Å². The molecule has 0 atom stereocenters. The summed E-state index contributed by atoms with van der Waals surface area (Å²) in [6.45, 7) is 20.3. The van der Waals surface area contributed by atoms with Gasteiger partial charge in [-0.3, -0.25) is 0 Å². The van der Waals surface area contributed by atoms with Gasteiger partial charge in [0.25, 0.3) is 0 Å². The molecule has 0 saturated heterocycles. The molecule has 0 bridgehead atoms. The lowest BCUT2D eigenvalue weighted by atomic mass is 10.0. The summed E-state index contributed by atoms with van der Waals surface area (Å²) in [4.78, 5) is 39.3. The maximum atomic E-state index is 12.2. The lowest BCUT2D eigenvalue weighted by Crippen LogP contribution is -2.22. The van der Waals surface area contributed by atoms with Crippen LogP contribution in [0.25, 0.3) is 44.5 Å². The Morgan fingerprint density at radius 1 is 0.359 bits per heavy atom. The summed E-state index contributed by atoms with van der Waals surface area (Å²) in [5, 5.41) is 0. The van der Waals surface area contributed by atoms with Crippen LogP contribution in [0.1, 0.15) is 73.1 Å². The molecule has 0 unspecified atom stereocenters. The molecule has 0 spiro atoms. The first-order valence-corrected chi connectivity index (χ1v) is 29.6. The minimum Gasteiger partial charge on any atom is -0.423 e. The molecule has 0 aromatic heterocycles. The molecule has 7 nitrogen and oxygen atoms in total. The maximum absolute atomic E-state index is 12.2. The van der Waals surface area contributed by atoms with E-state index in [1.165, 1.54) is 85.8 Å². The number of nitrogens with zero attached hydrogens (tertiary/aromatic N) is 3. The summed E-state index contributed by atoms with van der Waals surface area (Å²) in [7, 11) is 0. The minimum absolute atomic E-state index is 0.370. The summed E-state index contributed by atoms with van der Waals surface area (Å²) in [6, 6.07) is 57.0. The molecule has 78 heavy (non-hydrogen) atoms. The monoisotopic (exact) mass is 1080 g/mol. The second-order valence-corrected chi connectivity index (χ2v) is 23.6. The Morgan fingerprint density at radius 2 is 0.577 bits per heavy atom. The van der Waals surface area contributed by atoms with Crippen molar-refractivity contribution < 1.29 is 19.1 Å². The fourth-order valence-electron chi connectivity index (χ4n) is 10.2. The van der Waals surface area contributed by atoms with Gasteiger partial charge in [0.2, 0.25) is 0 Å². The maximum Gasteiger partial charge on any atom is 0.338 e. The normalized spacial score (nSPS) is 12.9. The number of ether oxygens (including phenoxy) is 2. The Hall–Kier alpha value is -7.37. The Bertz CT molecular complexity index is 3410. The zero-order chi connectivity index (χ0) is 54.0. The van der Waals surface area contributed by atoms with Gasteiger partial charge in [-0.25, -0.2) is 9.59 Å². The van der Waals surface area contributed by atoms with Gasteiger partial charge in [-0.1, -0.05) is 149 Å². The van der Waals surface area contributed by atoms with Crippen LogP contribution in [0.4, 0.5) is 34.1 Å². The molecule has 0 saturated carbocycles. The summed E-state index contributed by atoms with van der Waals surface area (Å²) in [5.41, 5.74) is 17.4. The van der Waals surface area contributed by atoms with Crippen LogP contribution in [0.5, 0.6) is 11.5 Å². The highest BCUT2D eigenvalue weighted by molar-refractivity contribution is 8.00. The van der Waals surface area contributed by atoms with Crippen molar-refractivity contribution >= 4 is 81.3 Å². The highest BCUT2D eigenvalue weighted by atomic mass is 32.2. The second kappa shape index (κ2) is 22.9. The number of hydrogen-bond donors (Lipinski definition) is 0. The standard InChI is InChI=1S/C68H63N3O4S3/c1-8-11-34-69-55-28-18-47(45-14-24-53(25-15-45)74-67(72)43(4)5)37-61(55)76-63-39-49(20-30-57(63)69)51-22-32-59-65(41-51)78-66-42-52(23-33-60(66)71(59)36-13-10-3)50-21-31-58-64(40-50)77-62-38-48(19-29-56(62)70(58)35-12-9-2)46-16-26-54(27-17-46)75-68(73)44(6)7/h14-33,37-42H,4,6,8-13,34-36H2,1-3,5,7H3. The van der Waals surface area contributed by atoms with Gasteiger partial charge in [0.05, 0.1) is 34.1 Å². The SMILES string of the molecule is C=C(C)C(=O)Oc1ccc(-c2ccc3c(c2)Sc2cc(-c4ccc5c(c4)Sc4cc(-c6ccc7c(c6)Sc6cc(-c8ccc(OC(=O)C(=C)C)cc8)ccc6N7CCCC)ccc4N5CCCC)ccc2N3CCCC)cc1. The van der Waals surface area contributed by atoms with Crippen molar-refractivity contribution in [2.24, 2.45) is 0 Å². The second-order valence-electron chi connectivity index (χ2n) is 20.3. The minimum atomic E-state index is -0.423. The third-order valence-corrected chi connectivity index (χ3v) is 17.8. The molecule has 8 aromatic carbocycles. The molecule has 10 heteroatoms. The summed E-state index contributed by atoms with van der Waals surface area (Å²) in [6.07, 6.45) is 6.61. The molecular formula is C68H63N3O4S3. The van der Waals surface area contributed by atoms with Crippen molar-refractivity contribution in [2.75, 3.05) is 34.3 Å². The third kappa shape index (κ3) is 10.8. The molecule has 0 N–H and O–H groups in total. The van der Waals surface area contributed by atoms with Gasteiger partial charge in [0.1, 0.15) is 11.5 Å². The van der Waals surface area contributed by atoms with Crippen LogP contribution < -0.4 is 24.2 Å². The van der Waals surface area contributed by atoms with Crippen molar-refractivity contribution in [3.63, 3.8) is 0 Å². The summed E-state index contributed by atoms with van der Waals surface area (Å²) < 4.78 is 11.0. The van der Waals surface area contributed by atoms with Crippen molar-refractivity contribution in [3.8, 4) is 56.0 Å². The van der Waals surface area contributed by atoms with E-state index in [0.29, 0.717) is 22.6 Å². The Balaban J connectivity index is 0.874. The zero-order valence-electron chi connectivity index (χ0n) is 45.0. The van der Waals surface area contributed by atoms with Crippen molar-refractivity contribution in [3.05, 3.63) is 182 Å². The lowest BCUT2D eigenvalue weighted by molar-refractivity contribution is -0.130. The van der Waals surface area contributed by atoms with E-state index in [-0.39, 0.29) is 0 Å². The van der Waals surface area contributed by atoms with Crippen LogP contribution in [0.15, 0.2) is 211 Å². The largest absolute Gasteiger partial charge is 0.423 e. The van der Waals surface area contributed by atoms with Gasteiger partial charge in [-0.2, -0.15) is 0 Å². The van der Waals surface area contributed by atoms with Crippen molar-refractivity contribution in [1.29, 1.82) is 0 Å². The van der Waals surface area contributed by atoms with Crippen LogP contribution in [0.3, 0.4) is 0 Å². The van der Waals surface area contributed by atoms with Gasteiger partial charge in [0, 0.05) is 60.2 Å². The van der Waals surface area contributed by atoms with Crippen LogP contribution >= 0.6 is 35.3 Å². The lowest BCUT2D eigenvalue weighted by Gasteiger charge is -2.34. The highest BCUT2D eigenvalue weighted by Gasteiger charge is 2.29. The molecule has 11 rings (SSSR count). The van der Waals surface area contributed by atoms with E-state index in [1.807, 2.05) is 83.8 Å². The summed E-state index contributed by atoms with van der Waals surface area (Å²) >= 11 is 5.56. The van der Waals surface area contributed by atoms with E-state index in [4.69, 9.17) is 9.47 Å². The Labute approximate surface area is 472 Å². The van der Waals surface area contributed by atoms with Gasteiger partial charge in [-0.15, -0.1) is 0 Å². The predicted molar refractivity (Wildman–Crippen MR) is 327 cm³/mol. The van der Waals surface area contributed by atoms with Crippen LogP contribution in [0.2, 0.25) is 0 Å². The number of carbonyl (C=O) groups excluding carboxylic acids is 2. The average molecular weight is 1080 g/mol. The number of rotatable bonds is 17. The first kappa shape index (κ1) is 52.7. The summed E-state index contributed by atoms with van der Waals surface area (Å²) in [5.74, 6) is 0.162. The molecule has 0 amide bonds. The third-order valence-electron chi connectivity index (χ3n) is 14.5. The van der Waals surface area contributed by atoms with Crippen LogP contribution in [-0.4, -0.2) is 31.6 Å². The van der Waals surface area contributed by atoms with E-state index in [2.05, 4.69) is 158 Å². The molecule has 3 heterocycles. The van der Waals surface area contributed by atoms with Gasteiger partial charge in [-0.05, 0) is 175 Å². The topological polar surface area (TPSA) is 62.3 Å². The number of fused-ring (bicyclic) bond motifs is 6. The number of benzene rings is 8. The van der Waals surface area contributed by atoms with Crippen LogP contribution in [0, 0.1) is 0 Å². The number of anilines is 6. The van der Waals surface area contributed by atoms with Gasteiger partial charge in [0.15, 0.2) is 0 Å². The first-order valence-electron chi connectivity index (χ1n) is 27.1. The van der Waals surface area contributed by atoms with E-state index in [9.17, 15) is 9.59 Å². The van der Waals surface area contributed by atoms with E-state index in [1.54, 1.807) is 13.8 Å². The fourth-order valence-corrected chi connectivity index (χ4v) is 13.7. The molecule has 0 aliphatic carbocycles. The number of unbranched alkanes of at least 4 members (excludes halogenated alkanes) is 3. The molecule has 8 aromatic rings. The Kier molecular flexibility index (Phi) is 15.5. The molecule has 3 aliphatic heterocycles. The number of hydrogen-bond acceptors (Lipinski definition) is 10. The molecular weight excluding hydrogens is 1020 g/mol. The first-order chi connectivity index (χ1) is 38.0. The molecule has 0 fully saturated rings. The molecule has 0 radical (unpaired) electrons. The average Bonchev–Trinajstić information content (AvgIpc) is 3.45. The highest BCUT2D eigenvalue weighted by Crippen LogP contribution is 2.55. The molecule has 392 valence electrons. The van der Waals surface area contributed by atoms with E-state index < -0.39 is 11.9 Å². The predicted octanol–water partition coefficient (Wildman–Crippen LogP) is 19.5. The van der Waals surface area contributed by atoms with Gasteiger partial charge >= 0.3 is 11.9 Å². The number of esters is 2. The van der Waals surface area contributed by atoms with Crippen LogP contribution in [-0.2, 0) is 9.59 Å². The van der Waals surface area contributed by atoms with E-state index >= 15 is 0 Å². The quantitative estimate of drug-likeness (QED) is 0.0501. The smallest absolute Gasteiger partial charge is 0.338 e. The molecule has 3 aliphatic rings. The van der Waals surface area contributed by atoms with E-state index in [0.717, 1.165) is 80.4 Å². The van der Waals surface area contributed by atoms with Crippen molar-refractivity contribution in [2.45, 2.75) is 103 Å². The fraction of sp³-hybridized carbons (Fsp3) is 0.206.